The lowest BCUT2D eigenvalue weighted by Crippen LogP contribution is -2.48. The number of ether oxygens (including phenoxy) is 1. The van der Waals surface area contributed by atoms with Gasteiger partial charge in [-0.15, -0.1) is 0 Å². The fourth-order valence-electron chi connectivity index (χ4n) is 4.08. The number of nitrogens with one attached hydrogen (secondary N) is 2. The summed E-state index contributed by atoms with van der Waals surface area (Å²) in [5.74, 6) is 0.220. The number of benzene rings is 2. The summed E-state index contributed by atoms with van der Waals surface area (Å²) >= 11 is 0. The zero-order chi connectivity index (χ0) is 24.8. The van der Waals surface area contributed by atoms with Gasteiger partial charge in [0.1, 0.15) is 11.8 Å². The first-order valence-corrected chi connectivity index (χ1v) is 11.3. The van der Waals surface area contributed by atoms with Gasteiger partial charge < -0.3 is 19.9 Å². The Hall–Kier alpha value is -4.39. The number of fused-ring (bicyclic) bond motifs is 3. The van der Waals surface area contributed by atoms with Gasteiger partial charge in [-0.3, -0.25) is 14.6 Å². The van der Waals surface area contributed by atoms with E-state index in [4.69, 9.17) is 4.74 Å². The third-order valence-electron chi connectivity index (χ3n) is 6.00. The molecule has 0 saturated carbocycles. The highest BCUT2D eigenvalue weighted by Crippen LogP contribution is 2.23. The predicted octanol–water partition coefficient (Wildman–Crippen LogP) is 4.32. The van der Waals surface area contributed by atoms with Crippen LogP contribution in [0.25, 0.3) is 10.9 Å². The molecule has 2 N–H and O–H groups in total. The summed E-state index contributed by atoms with van der Waals surface area (Å²) in [6.07, 6.45) is 9.11. The molecular weight excluding hydrogens is 440 g/mol. The van der Waals surface area contributed by atoms with Crippen molar-refractivity contribution in [2.45, 2.75) is 18.9 Å². The quantitative estimate of drug-likeness (QED) is 0.598. The van der Waals surface area contributed by atoms with E-state index < -0.39 is 6.04 Å². The largest absolute Gasteiger partial charge is 0.497 e. The Morgan fingerprint density at radius 1 is 1.20 bits per heavy atom. The van der Waals surface area contributed by atoms with Crippen molar-refractivity contribution < 1.29 is 14.3 Å². The molecule has 0 radical (unpaired) electrons. The fraction of sp³-hybridized carbons (Fsp3) is 0.179. The third-order valence-corrected chi connectivity index (χ3v) is 6.00. The van der Waals surface area contributed by atoms with E-state index in [9.17, 15) is 9.59 Å². The van der Waals surface area contributed by atoms with Gasteiger partial charge in [-0.05, 0) is 47.5 Å². The van der Waals surface area contributed by atoms with Crippen molar-refractivity contribution in [1.29, 1.82) is 0 Å². The number of aliphatic imine (C=N–C) groups is 1. The van der Waals surface area contributed by atoms with Crippen molar-refractivity contribution in [3.63, 3.8) is 0 Å². The first-order valence-electron chi connectivity index (χ1n) is 11.3. The number of para-hydroxylation sites is 1. The van der Waals surface area contributed by atoms with E-state index in [-0.39, 0.29) is 18.2 Å². The van der Waals surface area contributed by atoms with Crippen molar-refractivity contribution >= 4 is 34.6 Å². The summed E-state index contributed by atoms with van der Waals surface area (Å²) in [6.45, 7) is 3.87. The minimum Gasteiger partial charge on any atom is -0.497 e. The molecule has 178 valence electrons. The van der Waals surface area contributed by atoms with E-state index in [0.717, 1.165) is 27.7 Å². The highest BCUT2D eigenvalue weighted by Gasteiger charge is 2.26. The molecule has 1 aromatic heterocycles. The van der Waals surface area contributed by atoms with Crippen LogP contribution in [-0.4, -0.2) is 43.2 Å². The van der Waals surface area contributed by atoms with Crippen LogP contribution in [0.5, 0.6) is 5.75 Å². The molecule has 0 saturated heterocycles. The number of allylic oxidation sites excluding steroid dienone is 3. The number of aromatic nitrogens is 1. The van der Waals surface area contributed by atoms with Crippen LogP contribution in [0.3, 0.4) is 0 Å². The van der Waals surface area contributed by atoms with Gasteiger partial charge in [0.25, 0.3) is 0 Å². The van der Waals surface area contributed by atoms with E-state index in [0.29, 0.717) is 17.9 Å². The Bertz CT molecular complexity index is 1330. The Balaban J connectivity index is 1.67. The minimum atomic E-state index is -0.775. The number of H-pyrrole nitrogens is 1. The smallest absolute Gasteiger partial charge is 0.249 e. The summed E-state index contributed by atoms with van der Waals surface area (Å²) in [6, 6.07) is 14.2. The number of carbonyl (C=O) groups excluding carboxylic acids is 2. The minimum absolute atomic E-state index is 0.109. The molecule has 0 spiro atoms. The third kappa shape index (κ3) is 5.41. The van der Waals surface area contributed by atoms with Crippen molar-refractivity contribution in [1.82, 2.24) is 10.3 Å². The summed E-state index contributed by atoms with van der Waals surface area (Å²) in [7, 11) is 3.29. The molecule has 4 rings (SSSR count). The van der Waals surface area contributed by atoms with E-state index in [1.165, 1.54) is 0 Å². The maximum atomic E-state index is 13.5. The monoisotopic (exact) mass is 468 g/mol. The summed E-state index contributed by atoms with van der Waals surface area (Å²) in [5, 5.41) is 3.91. The van der Waals surface area contributed by atoms with Gasteiger partial charge in [-0.1, -0.05) is 36.9 Å². The number of anilines is 1. The molecule has 0 fully saturated rings. The van der Waals surface area contributed by atoms with Crippen molar-refractivity contribution in [3.8, 4) is 5.75 Å². The summed E-state index contributed by atoms with van der Waals surface area (Å²) in [4.78, 5) is 36.0. The molecule has 0 bridgehead atoms. The number of likely N-dealkylation sites (N-methyl/N-ethyl adjacent to an activating group) is 1. The van der Waals surface area contributed by atoms with E-state index in [1.807, 2.05) is 30.3 Å². The van der Waals surface area contributed by atoms with Crippen molar-refractivity contribution in [3.05, 3.63) is 96.4 Å². The predicted molar refractivity (Wildman–Crippen MR) is 140 cm³/mol. The van der Waals surface area contributed by atoms with Crippen molar-refractivity contribution in [2.75, 3.05) is 19.1 Å². The lowest BCUT2D eigenvalue weighted by Gasteiger charge is -2.25. The van der Waals surface area contributed by atoms with Gasteiger partial charge in [0.2, 0.25) is 11.8 Å². The van der Waals surface area contributed by atoms with Gasteiger partial charge in [0, 0.05) is 36.3 Å². The lowest BCUT2D eigenvalue weighted by atomic mass is 10.0. The molecule has 1 aliphatic heterocycles. The topological polar surface area (TPSA) is 86.8 Å². The Morgan fingerprint density at radius 3 is 2.71 bits per heavy atom. The van der Waals surface area contributed by atoms with Gasteiger partial charge in [-0.2, -0.15) is 0 Å². The second-order valence-corrected chi connectivity index (χ2v) is 8.22. The molecule has 2 heterocycles. The first kappa shape index (κ1) is 23.8. The number of methoxy groups -OCH3 is 1. The standard InChI is InChI=1S/C28H28N4O3/c1-4-19-8-7-15-29-18-26-23(22-9-5-6-10-24(22)30-26)17-27(33)31-25(16-19)28(34)32(2)20-11-13-21(35-3)14-12-20/h4-15,18,25,30H,1,16-17H2,2-3H3,(H,31,33). The number of rotatable bonds is 4. The summed E-state index contributed by atoms with van der Waals surface area (Å²) < 4.78 is 5.21. The Kier molecular flexibility index (Phi) is 7.26. The molecule has 2 aromatic carbocycles. The van der Waals surface area contributed by atoms with Crippen LogP contribution in [0.1, 0.15) is 17.7 Å². The van der Waals surface area contributed by atoms with Crippen molar-refractivity contribution in [2.24, 2.45) is 4.99 Å². The molecule has 7 heteroatoms. The van der Waals surface area contributed by atoms with Crippen LogP contribution >= 0.6 is 0 Å². The molecule has 2 amide bonds. The Morgan fingerprint density at radius 2 is 1.97 bits per heavy atom. The second-order valence-electron chi connectivity index (χ2n) is 8.22. The normalized spacial score (nSPS) is 16.2. The number of hydrogen-bond donors (Lipinski definition) is 2. The maximum absolute atomic E-state index is 13.5. The Labute approximate surface area is 204 Å². The highest BCUT2D eigenvalue weighted by atomic mass is 16.5. The van der Waals surface area contributed by atoms with Gasteiger partial charge in [-0.25, -0.2) is 0 Å². The lowest BCUT2D eigenvalue weighted by molar-refractivity contribution is -0.127. The average Bonchev–Trinajstić information content (AvgIpc) is 3.23. The average molecular weight is 469 g/mol. The van der Waals surface area contributed by atoms with Crippen LogP contribution in [0.2, 0.25) is 0 Å². The molecule has 1 unspecified atom stereocenters. The molecular formula is C28H28N4O3. The number of carbonyl (C=O) groups is 2. The molecule has 1 aliphatic rings. The van der Waals surface area contributed by atoms with Crippen LogP contribution in [-0.2, 0) is 16.0 Å². The molecule has 0 aliphatic carbocycles. The van der Waals surface area contributed by atoms with Crippen LogP contribution in [0, 0.1) is 0 Å². The van der Waals surface area contributed by atoms with E-state index >= 15 is 0 Å². The van der Waals surface area contributed by atoms with Gasteiger partial charge in [0.05, 0.1) is 25.4 Å². The van der Waals surface area contributed by atoms with Crippen LogP contribution in [0.15, 0.2) is 90.1 Å². The molecule has 7 nitrogen and oxygen atoms in total. The summed E-state index contributed by atoms with van der Waals surface area (Å²) in [5.41, 5.74) is 4.02. The second kappa shape index (κ2) is 10.7. The van der Waals surface area contributed by atoms with Crippen LogP contribution < -0.4 is 15.0 Å². The fourth-order valence-corrected chi connectivity index (χ4v) is 4.08. The zero-order valence-corrected chi connectivity index (χ0v) is 19.8. The van der Waals surface area contributed by atoms with E-state index in [1.54, 1.807) is 67.9 Å². The zero-order valence-electron chi connectivity index (χ0n) is 19.8. The number of aromatic amines is 1. The van der Waals surface area contributed by atoms with Crippen LogP contribution in [0.4, 0.5) is 5.69 Å². The maximum Gasteiger partial charge on any atom is 0.249 e. The molecule has 3 aromatic rings. The van der Waals surface area contributed by atoms with Gasteiger partial charge in [0.15, 0.2) is 0 Å². The highest BCUT2D eigenvalue weighted by molar-refractivity contribution is 6.01. The first-order chi connectivity index (χ1) is 17.0. The van der Waals surface area contributed by atoms with E-state index in [2.05, 4.69) is 21.9 Å². The molecule has 1 atom stereocenters. The number of nitrogens with zero attached hydrogens (tertiary/aromatic N) is 2. The van der Waals surface area contributed by atoms with Gasteiger partial charge >= 0.3 is 0 Å². The number of amides is 2. The molecule has 35 heavy (non-hydrogen) atoms. The SMILES string of the molecule is C=CC1=CC=CN=Cc2[nH]c3ccccc3c2CC(=O)NC(C(=O)N(C)c2ccc(OC)cc2)C1. The number of hydrogen-bond acceptors (Lipinski definition) is 4.